The molecule has 4 atom stereocenters. The first-order chi connectivity index (χ1) is 26.5. The van der Waals surface area contributed by atoms with Crippen molar-refractivity contribution in [3.63, 3.8) is 0 Å². The highest BCUT2D eigenvalue weighted by atomic mass is 32.1. The highest BCUT2D eigenvalue weighted by Crippen LogP contribution is 2.26. The Morgan fingerprint density at radius 2 is 1.35 bits per heavy atom. The van der Waals surface area contributed by atoms with Crippen molar-refractivity contribution < 1.29 is 19.5 Å². The molecule has 3 unspecified atom stereocenters. The van der Waals surface area contributed by atoms with Crippen molar-refractivity contribution in [2.75, 3.05) is 20.1 Å². The third kappa shape index (κ3) is 13.5. The molecule has 0 saturated carbocycles. The molecular formula is C45H59N5O4S. The second-order valence-corrected chi connectivity index (χ2v) is 15.4. The predicted octanol–water partition coefficient (Wildman–Crippen LogP) is 6.36. The summed E-state index contributed by atoms with van der Waals surface area (Å²) in [5.41, 5.74) is 2.11. The van der Waals surface area contributed by atoms with Gasteiger partial charge in [-0.2, -0.15) is 0 Å². The van der Waals surface area contributed by atoms with Gasteiger partial charge in [0.2, 0.25) is 17.7 Å². The summed E-state index contributed by atoms with van der Waals surface area (Å²) in [6.07, 6.45) is 4.99. The SMILES string of the molecule is CCC(C)CNC(=O)C[C@H](O)C(CC(C)C)NC(=O)C(C/C=C/CNC(=S)NC)NC(=O)C(Cc1cccc2ccccc12)Cc1cccc2ccccc12. The zero-order valence-electron chi connectivity index (χ0n) is 32.9. The maximum absolute atomic E-state index is 14.6. The lowest BCUT2D eigenvalue weighted by molar-refractivity contribution is -0.132. The van der Waals surface area contributed by atoms with Crippen LogP contribution in [0.2, 0.25) is 0 Å². The zero-order chi connectivity index (χ0) is 39.7. The number of aliphatic hydroxyl groups excluding tert-OH is 1. The first-order valence-electron chi connectivity index (χ1n) is 19.6. The van der Waals surface area contributed by atoms with Gasteiger partial charge in [-0.05, 0) is 82.4 Å². The second kappa shape index (κ2) is 21.9. The molecule has 9 nitrogen and oxygen atoms in total. The minimum absolute atomic E-state index is 0.129. The van der Waals surface area contributed by atoms with Crippen LogP contribution < -0.4 is 26.6 Å². The molecule has 3 amide bonds. The third-order valence-electron chi connectivity index (χ3n) is 10.1. The molecule has 4 aromatic carbocycles. The summed E-state index contributed by atoms with van der Waals surface area (Å²) in [5.74, 6) is -0.982. The number of nitrogens with one attached hydrogen (secondary N) is 5. The van der Waals surface area contributed by atoms with Gasteiger partial charge in [-0.15, -0.1) is 0 Å². The Balaban J connectivity index is 1.62. The van der Waals surface area contributed by atoms with Crippen LogP contribution >= 0.6 is 12.2 Å². The number of rotatable bonds is 20. The smallest absolute Gasteiger partial charge is 0.243 e. The van der Waals surface area contributed by atoms with Crippen molar-refractivity contribution in [3.05, 3.63) is 108 Å². The van der Waals surface area contributed by atoms with E-state index in [-0.39, 0.29) is 30.6 Å². The van der Waals surface area contributed by atoms with Crippen molar-refractivity contribution >= 4 is 56.6 Å². The van der Waals surface area contributed by atoms with Gasteiger partial charge in [0.25, 0.3) is 0 Å². The van der Waals surface area contributed by atoms with Crippen LogP contribution in [0, 0.1) is 17.8 Å². The number of carbonyl (C=O) groups is 3. The van der Waals surface area contributed by atoms with E-state index in [4.69, 9.17) is 12.2 Å². The van der Waals surface area contributed by atoms with E-state index < -0.39 is 30.0 Å². The number of aliphatic hydroxyl groups is 1. The summed E-state index contributed by atoms with van der Waals surface area (Å²) in [4.78, 5) is 41.6. The molecule has 0 aliphatic rings. The topological polar surface area (TPSA) is 132 Å². The van der Waals surface area contributed by atoms with Crippen molar-refractivity contribution in [1.82, 2.24) is 26.6 Å². The van der Waals surface area contributed by atoms with Gasteiger partial charge in [-0.1, -0.05) is 131 Å². The molecule has 0 spiro atoms. The van der Waals surface area contributed by atoms with Crippen LogP contribution in [-0.4, -0.2) is 66.3 Å². The van der Waals surface area contributed by atoms with Crippen LogP contribution in [0.15, 0.2) is 97.1 Å². The molecule has 10 heteroatoms. The van der Waals surface area contributed by atoms with Crippen LogP contribution in [0.25, 0.3) is 21.5 Å². The number of carbonyl (C=O) groups excluding carboxylic acids is 3. The zero-order valence-corrected chi connectivity index (χ0v) is 33.8. The fourth-order valence-electron chi connectivity index (χ4n) is 6.75. The number of hydrogen-bond acceptors (Lipinski definition) is 5. The Morgan fingerprint density at radius 3 is 1.91 bits per heavy atom. The van der Waals surface area contributed by atoms with Crippen molar-refractivity contribution in [2.24, 2.45) is 17.8 Å². The van der Waals surface area contributed by atoms with Gasteiger partial charge in [0, 0.05) is 26.1 Å². The summed E-state index contributed by atoms with van der Waals surface area (Å²) < 4.78 is 0. The average molecular weight is 766 g/mol. The Labute approximate surface area is 332 Å². The van der Waals surface area contributed by atoms with Crippen LogP contribution in [0.1, 0.15) is 64.5 Å². The number of fused-ring (bicyclic) bond motifs is 2. The quantitative estimate of drug-likeness (QED) is 0.0456. The molecule has 0 aliphatic heterocycles. The minimum Gasteiger partial charge on any atom is -0.390 e. The molecule has 0 heterocycles. The number of benzene rings is 4. The van der Waals surface area contributed by atoms with Gasteiger partial charge in [-0.25, -0.2) is 0 Å². The van der Waals surface area contributed by atoms with E-state index >= 15 is 0 Å². The molecule has 294 valence electrons. The van der Waals surface area contributed by atoms with Gasteiger partial charge < -0.3 is 31.7 Å². The summed E-state index contributed by atoms with van der Waals surface area (Å²) >= 11 is 5.19. The average Bonchev–Trinajstić information content (AvgIpc) is 3.18. The molecule has 0 aromatic heterocycles. The molecule has 0 fully saturated rings. The Kier molecular flexibility index (Phi) is 17.1. The van der Waals surface area contributed by atoms with Crippen LogP contribution in [0.4, 0.5) is 0 Å². The highest BCUT2D eigenvalue weighted by molar-refractivity contribution is 7.80. The monoisotopic (exact) mass is 765 g/mol. The molecular weight excluding hydrogens is 707 g/mol. The van der Waals surface area contributed by atoms with Gasteiger partial charge in [0.05, 0.1) is 18.6 Å². The van der Waals surface area contributed by atoms with E-state index in [0.29, 0.717) is 43.4 Å². The Hall–Kier alpha value is -4.80. The van der Waals surface area contributed by atoms with Crippen molar-refractivity contribution in [2.45, 2.75) is 84.4 Å². The van der Waals surface area contributed by atoms with E-state index in [0.717, 1.165) is 39.1 Å². The third-order valence-corrected chi connectivity index (χ3v) is 10.4. The normalized spacial score (nSPS) is 13.7. The van der Waals surface area contributed by atoms with Crippen LogP contribution in [0.3, 0.4) is 0 Å². The lowest BCUT2D eigenvalue weighted by Gasteiger charge is -2.29. The molecule has 0 aliphatic carbocycles. The largest absolute Gasteiger partial charge is 0.390 e. The van der Waals surface area contributed by atoms with E-state index in [1.54, 1.807) is 7.05 Å². The fourth-order valence-corrected chi connectivity index (χ4v) is 6.83. The molecule has 4 rings (SSSR count). The summed E-state index contributed by atoms with van der Waals surface area (Å²) in [6, 6.07) is 27.0. The van der Waals surface area contributed by atoms with E-state index in [1.807, 2.05) is 62.4 Å². The van der Waals surface area contributed by atoms with Gasteiger partial charge in [0.1, 0.15) is 6.04 Å². The number of hydrogen-bond donors (Lipinski definition) is 6. The van der Waals surface area contributed by atoms with Crippen molar-refractivity contribution in [3.8, 4) is 0 Å². The first-order valence-corrected chi connectivity index (χ1v) is 20.0. The van der Waals surface area contributed by atoms with E-state index in [1.165, 1.54) is 0 Å². The molecule has 6 N–H and O–H groups in total. The van der Waals surface area contributed by atoms with Gasteiger partial charge in [0.15, 0.2) is 5.11 Å². The maximum Gasteiger partial charge on any atom is 0.243 e. The Morgan fingerprint density at radius 1 is 0.764 bits per heavy atom. The molecule has 0 bridgehead atoms. The standard InChI is InChI=1S/C45H59N5O4S/c1-6-31(4)29-48-42(52)28-41(51)40(25-30(2)3)50-44(54)39(23-11-12-24-47-45(55)46-5)49-43(53)36(26-34-19-13-17-32-15-7-9-21-37(32)34)27-35-20-14-18-33-16-8-10-22-38(33)35/h7-22,30-31,36,39-41,51H,6,23-29H2,1-5H3,(H,48,52)(H,49,53)(H,50,54)(H2,46,47,55)/b12-11+/t31?,39?,40?,41-/m0/s1. The summed E-state index contributed by atoms with van der Waals surface area (Å²) in [7, 11) is 1.74. The maximum atomic E-state index is 14.6. The molecule has 55 heavy (non-hydrogen) atoms. The number of thiocarbonyl (C=S) groups is 1. The lowest BCUT2D eigenvalue weighted by Crippen LogP contribution is -2.54. The molecule has 4 aromatic rings. The fraction of sp³-hybridized carbons (Fsp3) is 0.422. The van der Waals surface area contributed by atoms with Crippen LogP contribution in [-0.2, 0) is 27.2 Å². The minimum atomic E-state index is -1.10. The highest BCUT2D eigenvalue weighted by Gasteiger charge is 2.30. The first kappa shape index (κ1) is 42.9. The van der Waals surface area contributed by atoms with E-state index in [9.17, 15) is 19.5 Å². The molecule has 0 saturated heterocycles. The lowest BCUT2D eigenvalue weighted by atomic mass is 9.87. The summed E-state index contributed by atoms with van der Waals surface area (Å²) in [6.45, 7) is 9.09. The van der Waals surface area contributed by atoms with E-state index in [2.05, 4.69) is 89.0 Å². The summed E-state index contributed by atoms with van der Waals surface area (Å²) in [5, 5.41) is 31.1. The Bertz CT molecular complexity index is 1820. The second-order valence-electron chi connectivity index (χ2n) is 14.9. The van der Waals surface area contributed by atoms with Gasteiger partial charge in [-0.3, -0.25) is 14.4 Å². The predicted molar refractivity (Wildman–Crippen MR) is 229 cm³/mol. The number of amides is 3. The van der Waals surface area contributed by atoms with Crippen LogP contribution in [0.5, 0.6) is 0 Å². The van der Waals surface area contributed by atoms with Crippen molar-refractivity contribution in [1.29, 1.82) is 0 Å². The molecule has 0 radical (unpaired) electrons. The van der Waals surface area contributed by atoms with Gasteiger partial charge >= 0.3 is 0 Å².